The number of sulfonamides is 1. The van der Waals surface area contributed by atoms with Gasteiger partial charge in [-0.2, -0.15) is 0 Å². The summed E-state index contributed by atoms with van der Waals surface area (Å²) in [5, 5.41) is 3.21. The van der Waals surface area contributed by atoms with Gasteiger partial charge in [0, 0.05) is 10.7 Å². The summed E-state index contributed by atoms with van der Waals surface area (Å²) in [6, 6.07) is 16.6. The molecule has 6 nitrogen and oxygen atoms in total. The molecule has 0 bridgehead atoms. The number of hydrogen-bond donors (Lipinski definition) is 2. The summed E-state index contributed by atoms with van der Waals surface area (Å²) in [6.07, 6.45) is -0.729. The summed E-state index contributed by atoms with van der Waals surface area (Å²) in [4.78, 5) is 12.6. The highest BCUT2D eigenvalue weighted by Crippen LogP contribution is 2.23. The van der Waals surface area contributed by atoms with E-state index in [0.29, 0.717) is 22.1 Å². The maximum atomic E-state index is 12.6. The topological polar surface area (TPSA) is 84.5 Å². The van der Waals surface area contributed by atoms with Crippen LogP contribution in [0.1, 0.15) is 23.6 Å². The van der Waals surface area contributed by atoms with E-state index in [4.69, 9.17) is 16.3 Å². The SMILES string of the molecule is Cc1cc(C)cc(O[C@@H](C)C(=O)Nc2ccc(S(=O)(=O)Nc3ccc(C)c(Cl)c3)cc2)c1. The van der Waals surface area contributed by atoms with Crippen LogP contribution in [-0.4, -0.2) is 20.4 Å². The van der Waals surface area contributed by atoms with Gasteiger partial charge in [0.2, 0.25) is 0 Å². The minimum Gasteiger partial charge on any atom is -0.481 e. The number of carbonyl (C=O) groups is 1. The third-order valence-corrected chi connectivity index (χ3v) is 6.54. The number of anilines is 2. The van der Waals surface area contributed by atoms with E-state index in [0.717, 1.165) is 16.7 Å². The number of hydrogen-bond acceptors (Lipinski definition) is 4. The quantitative estimate of drug-likeness (QED) is 0.477. The van der Waals surface area contributed by atoms with Crippen molar-refractivity contribution in [2.24, 2.45) is 0 Å². The maximum Gasteiger partial charge on any atom is 0.265 e. The zero-order valence-electron chi connectivity index (χ0n) is 18.3. The van der Waals surface area contributed by atoms with E-state index < -0.39 is 16.1 Å². The van der Waals surface area contributed by atoms with Crippen molar-refractivity contribution in [3.63, 3.8) is 0 Å². The lowest BCUT2D eigenvalue weighted by Crippen LogP contribution is -2.30. The molecule has 0 aliphatic heterocycles. The zero-order chi connectivity index (χ0) is 23.5. The van der Waals surface area contributed by atoms with Gasteiger partial charge in [-0.25, -0.2) is 8.42 Å². The van der Waals surface area contributed by atoms with Crippen LogP contribution >= 0.6 is 11.6 Å². The summed E-state index contributed by atoms with van der Waals surface area (Å²) >= 11 is 6.06. The highest BCUT2D eigenvalue weighted by molar-refractivity contribution is 7.92. The van der Waals surface area contributed by atoms with E-state index in [9.17, 15) is 13.2 Å². The standard InChI is InChI=1S/C24H25ClN2O4S/c1-15-11-16(2)13-21(12-15)31-18(4)24(28)26-19-7-9-22(10-8-19)32(29,30)27-20-6-5-17(3)23(25)14-20/h5-14,18,27H,1-4H3,(H,26,28)/t18-/m0/s1. The largest absolute Gasteiger partial charge is 0.481 e. The molecule has 8 heteroatoms. The fraction of sp³-hybridized carbons (Fsp3) is 0.208. The predicted molar refractivity (Wildman–Crippen MR) is 128 cm³/mol. The van der Waals surface area contributed by atoms with Crippen LogP contribution in [-0.2, 0) is 14.8 Å². The van der Waals surface area contributed by atoms with Crippen molar-refractivity contribution in [1.82, 2.24) is 0 Å². The molecule has 3 rings (SSSR count). The van der Waals surface area contributed by atoms with E-state index in [1.807, 2.05) is 39.0 Å². The summed E-state index contributed by atoms with van der Waals surface area (Å²) in [7, 11) is -3.80. The number of benzene rings is 3. The number of carbonyl (C=O) groups excluding carboxylic acids is 1. The Hall–Kier alpha value is -3.03. The molecule has 0 saturated carbocycles. The van der Waals surface area contributed by atoms with Gasteiger partial charge in [-0.15, -0.1) is 0 Å². The Kier molecular flexibility index (Phi) is 7.11. The van der Waals surface area contributed by atoms with E-state index in [-0.39, 0.29) is 10.8 Å². The fourth-order valence-electron chi connectivity index (χ4n) is 3.09. The second-order valence-electron chi connectivity index (χ2n) is 7.67. The highest BCUT2D eigenvalue weighted by atomic mass is 35.5. The van der Waals surface area contributed by atoms with Gasteiger partial charge >= 0.3 is 0 Å². The van der Waals surface area contributed by atoms with Crippen molar-refractivity contribution in [2.75, 3.05) is 10.0 Å². The normalized spacial score (nSPS) is 12.2. The third kappa shape index (κ3) is 6.02. The Balaban J connectivity index is 1.65. The van der Waals surface area contributed by atoms with Crippen LogP contribution < -0.4 is 14.8 Å². The number of halogens is 1. The Labute approximate surface area is 193 Å². The van der Waals surface area contributed by atoms with E-state index in [1.165, 1.54) is 24.3 Å². The van der Waals surface area contributed by atoms with Crippen LogP contribution in [0.15, 0.2) is 65.6 Å². The molecule has 1 amide bonds. The average Bonchev–Trinajstić information content (AvgIpc) is 2.70. The van der Waals surface area contributed by atoms with Gasteiger partial charge in [-0.05, 0) is 92.9 Å². The molecule has 32 heavy (non-hydrogen) atoms. The summed E-state index contributed by atoms with van der Waals surface area (Å²) < 4.78 is 33.5. The van der Waals surface area contributed by atoms with Crippen molar-refractivity contribution in [3.8, 4) is 5.75 Å². The van der Waals surface area contributed by atoms with Crippen LogP contribution in [0.4, 0.5) is 11.4 Å². The lowest BCUT2D eigenvalue weighted by Gasteiger charge is -2.16. The molecule has 0 fully saturated rings. The molecule has 0 heterocycles. The lowest BCUT2D eigenvalue weighted by molar-refractivity contribution is -0.122. The molecular weight excluding hydrogens is 448 g/mol. The first-order chi connectivity index (χ1) is 15.0. The molecule has 3 aromatic rings. The van der Waals surface area contributed by atoms with Gasteiger partial charge in [0.05, 0.1) is 10.6 Å². The molecule has 168 valence electrons. The molecule has 2 N–H and O–H groups in total. The van der Waals surface area contributed by atoms with Crippen LogP contribution in [0.25, 0.3) is 0 Å². The minimum absolute atomic E-state index is 0.0618. The van der Waals surface area contributed by atoms with E-state index in [2.05, 4.69) is 10.0 Å². The van der Waals surface area contributed by atoms with Gasteiger partial charge in [0.25, 0.3) is 15.9 Å². The van der Waals surface area contributed by atoms with Crippen LogP contribution in [0.5, 0.6) is 5.75 Å². The first kappa shape index (κ1) is 23.6. The number of ether oxygens (including phenoxy) is 1. The highest BCUT2D eigenvalue weighted by Gasteiger charge is 2.17. The summed E-state index contributed by atoms with van der Waals surface area (Å²) in [6.45, 7) is 7.41. The number of rotatable bonds is 7. The molecule has 0 aromatic heterocycles. The molecule has 3 aromatic carbocycles. The monoisotopic (exact) mass is 472 g/mol. The van der Waals surface area contributed by atoms with Gasteiger partial charge in [-0.3, -0.25) is 9.52 Å². The Bertz CT molecular complexity index is 1220. The minimum atomic E-state index is -3.80. The van der Waals surface area contributed by atoms with Crippen molar-refractivity contribution in [3.05, 3.63) is 82.4 Å². The van der Waals surface area contributed by atoms with E-state index >= 15 is 0 Å². The van der Waals surface area contributed by atoms with Crippen molar-refractivity contribution < 1.29 is 17.9 Å². The Morgan fingerprint density at radius 1 is 0.906 bits per heavy atom. The Morgan fingerprint density at radius 2 is 1.50 bits per heavy atom. The van der Waals surface area contributed by atoms with Crippen molar-refractivity contribution in [2.45, 2.75) is 38.7 Å². The molecule has 0 aliphatic rings. The van der Waals surface area contributed by atoms with Gasteiger partial charge in [0.15, 0.2) is 6.10 Å². The predicted octanol–water partition coefficient (Wildman–Crippen LogP) is 5.47. The second-order valence-corrected chi connectivity index (χ2v) is 9.76. The molecule has 0 spiro atoms. The average molecular weight is 473 g/mol. The molecule has 0 radical (unpaired) electrons. The second kappa shape index (κ2) is 9.63. The van der Waals surface area contributed by atoms with Gasteiger partial charge in [0.1, 0.15) is 5.75 Å². The Morgan fingerprint density at radius 3 is 2.09 bits per heavy atom. The summed E-state index contributed by atoms with van der Waals surface area (Å²) in [5.74, 6) is 0.279. The van der Waals surface area contributed by atoms with Gasteiger partial charge in [-0.1, -0.05) is 23.7 Å². The molecule has 0 unspecified atom stereocenters. The first-order valence-corrected chi connectivity index (χ1v) is 11.8. The smallest absolute Gasteiger partial charge is 0.265 e. The first-order valence-electron chi connectivity index (χ1n) is 9.98. The molecule has 0 aliphatic carbocycles. The van der Waals surface area contributed by atoms with Crippen molar-refractivity contribution >= 4 is 38.9 Å². The third-order valence-electron chi connectivity index (χ3n) is 4.73. The number of aryl methyl sites for hydroxylation is 3. The summed E-state index contributed by atoms with van der Waals surface area (Å²) in [5.41, 5.74) is 3.78. The molecular formula is C24H25ClN2O4S. The molecule has 0 saturated heterocycles. The van der Waals surface area contributed by atoms with Crippen LogP contribution in [0.2, 0.25) is 5.02 Å². The van der Waals surface area contributed by atoms with Gasteiger partial charge < -0.3 is 10.1 Å². The van der Waals surface area contributed by atoms with Crippen LogP contribution in [0.3, 0.4) is 0 Å². The molecule has 1 atom stereocenters. The van der Waals surface area contributed by atoms with Crippen LogP contribution in [0, 0.1) is 20.8 Å². The lowest BCUT2D eigenvalue weighted by atomic mass is 10.1. The maximum absolute atomic E-state index is 12.6. The fourth-order valence-corrected chi connectivity index (χ4v) is 4.32. The zero-order valence-corrected chi connectivity index (χ0v) is 19.8. The van der Waals surface area contributed by atoms with Crippen molar-refractivity contribution in [1.29, 1.82) is 0 Å². The van der Waals surface area contributed by atoms with E-state index in [1.54, 1.807) is 25.1 Å². The number of amides is 1. The number of nitrogens with one attached hydrogen (secondary N) is 2.